The lowest BCUT2D eigenvalue weighted by molar-refractivity contribution is -0.144. The van der Waals surface area contributed by atoms with Gasteiger partial charge in [0.1, 0.15) is 10.2 Å². The summed E-state index contributed by atoms with van der Waals surface area (Å²) in [5, 5.41) is 1.20. The molecular formula is C15H23ClN2O2S. The molecule has 0 spiro atoms. The van der Waals surface area contributed by atoms with E-state index in [0.29, 0.717) is 29.9 Å². The van der Waals surface area contributed by atoms with Crippen molar-refractivity contribution in [2.75, 3.05) is 12.4 Å². The number of ether oxygens (including phenoxy) is 1. The Balaban J connectivity index is 2.21. The maximum absolute atomic E-state index is 11.7. The molecule has 0 saturated heterocycles. The zero-order chi connectivity index (χ0) is 15.7. The zero-order valence-electron chi connectivity index (χ0n) is 12.9. The van der Waals surface area contributed by atoms with Gasteiger partial charge in [-0.3, -0.25) is 4.79 Å². The lowest BCUT2D eigenvalue weighted by atomic mass is 10.1. The van der Waals surface area contributed by atoms with Crippen molar-refractivity contribution in [2.45, 2.75) is 51.5 Å². The Hall–Kier alpha value is -0.810. The molecule has 0 aliphatic rings. The number of aryl methyl sites for hydroxylation is 1. The summed E-state index contributed by atoms with van der Waals surface area (Å²) in [4.78, 5) is 20.0. The average molecular weight is 331 g/mol. The van der Waals surface area contributed by atoms with Gasteiger partial charge in [0.15, 0.2) is 0 Å². The standard InChI is InChI=1S/C15H23ClN2O2S/c1-4-5-6-11(2)10-20-14(19)7-8-21-15-12(3)18-13(16)9-17-15/h9,11H,4-8,10H2,1-3H3. The highest BCUT2D eigenvalue weighted by Gasteiger charge is 2.09. The number of thioether (sulfide) groups is 1. The van der Waals surface area contributed by atoms with Crippen LogP contribution in [0, 0.1) is 12.8 Å². The van der Waals surface area contributed by atoms with Crippen LogP contribution in [-0.4, -0.2) is 28.3 Å². The number of carbonyl (C=O) groups excluding carboxylic acids is 1. The third kappa shape index (κ3) is 7.67. The van der Waals surface area contributed by atoms with Crippen molar-refractivity contribution in [2.24, 2.45) is 5.92 Å². The molecule has 0 fully saturated rings. The predicted octanol–water partition coefficient (Wildman–Crippen LogP) is 4.29. The molecule has 1 aromatic heterocycles. The normalized spacial score (nSPS) is 12.2. The van der Waals surface area contributed by atoms with E-state index in [4.69, 9.17) is 16.3 Å². The maximum Gasteiger partial charge on any atom is 0.306 e. The van der Waals surface area contributed by atoms with Crippen LogP contribution in [0.3, 0.4) is 0 Å². The van der Waals surface area contributed by atoms with Crippen molar-refractivity contribution in [3.8, 4) is 0 Å². The second-order valence-electron chi connectivity index (χ2n) is 5.11. The smallest absolute Gasteiger partial charge is 0.306 e. The monoisotopic (exact) mass is 330 g/mol. The summed E-state index contributed by atoms with van der Waals surface area (Å²) in [5.41, 5.74) is 0.786. The minimum atomic E-state index is -0.148. The van der Waals surface area contributed by atoms with Crippen LogP contribution in [0.5, 0.6) is 0 Å². The fraction of sp³-hybridized carbons (Fsp3) is 0.667. The topological polar surface area (TPSA) is 52.1 Å². The van der Waals surface area contributed by atoms with Gasteiger partial charge in [-0.1, -0.05) is 38.3 Å². The first-order chi connectivity index (χ1) is 10.0. The van der Waals surface area contributed by atoms with Crippen LogP contribution in [-0.2, 0) is 9.53 Å². The molecule has 1 unspecified atom stereocenters. The Kier molecular flexibility index (Phi) is 8.69. The summed E-state index contributed by atoms with van der Waals surface area (Å²) >= 11 is 7.25. The van der Waals surface area contributed by atoms with Gasteiger partial charge < -0.3 is 4.74 Å². The number of esters is 1. The van der Waals surface area contributed by atoms with Crippen molar-refractivity contribution >= 4 is 29.3 Å². The molecule has 4 nitrogen and oxygen atoms in total. The Morgan fingerprint density at radius 1 is 1.52 bits per heavy atom. The number of rotatable bonds is 9. The van der Waals surface area contributed by atoms with Crippen LogP contribution in [0.2, 0.25) is 5.15 Å². The number of hydrogen-bond donors (Lipinski definition) is 0. The van der Waals surface area contributed by atoms with Crippen molar-refractivity contribution in [1.29, 1.82) is 0 Å². The van der Waals surface area contributed by atoms with E-state index >= 15 is 0 Å². The lowest BCUT2D eigenvalue weighted by Crippen LogP contribution is -2.12. The minimum Gasteiger partial charge on any atom is -0.465 e. The molecule has 1 atom stereocenters. The van der Waals surface area contributed by atoms with E-state index in [0.717, 1.165) is 17.1 Å². The number of carbonyl (C=O) groups is 1. The van der Waals surface area contributed by atoms with Gasteiger partial charge in [0, 0.05) is 5.75 Å². The van der Waals surface area contributed by atoms with E-state index in [9.17, 15) is 4.79 Å². The molecule has 0 saturated carbocycles. The van der Waals surface area contributed by atoms with Gasteiger partial charge in [-0.25, -0.2) is 9.97 Å². The lowest BCUT2D eigenvalue weighted by Gasteiger charge is -2.11. The van der Waals surface area contributed by atoms with E-state index in [1.54, 1.807) is 0 Å². The fourth-order valence-electron chi connectivity index (χ4n) is 1.76. The van der Waals surface area contributed by atoms with Crippen molar-refractivity contribution < 1.29 is 9.53 Å². The molecule has 21 heavy (non-hydrogen) atoms. The Morgan fingerprint density at radius 3 is 2.95 bits per heavy atom. The first-order valence-electron chi connectivity index (χ1n) is 7.30. The highest BCUT2D eigenvalue weighted by Crippen LogP contribution is 2.20. The molecular weight excluding hydrogens is 308 g/mol. The molecule has 0 aliphatic carbocycles. The van der Waals surface area contributed by atoms with Crippen LogP contribution in [0.25, 0.3) is 0 Å². The molecule has 1 heterocycles. The summed E-state index contributed by atoms with van der Waals surface area (Å²) in [6.45, 7) is 6.65. The maximum atomic E-state index is 11.7. The van der Waals surface area contributed by atoms with E-state index in [1.807, 2.05) is 6.92 Å². The van der Waals surface area contributed by atoms with Crippen LogP contribution in [0.4, 0.5) is 0 Å². The van der Waals surface area contributed by atoms with Crippen molar-refractivity contribution in [3.63, 3.8) is 0 Å². The Labute approximate surface area is 136 Å². The third-order valence-corrected chi connectivity index (χ3v) is 4.26. The number of aromatic nitrogens is 2. The van der Waals surface area contributed by atoms with E-state index < -0.39 is 0 Å². The van der Waals surface area contributed by atoms with Gasteiger partial charge in [0.2, 0.25) is 0 Å². The second-order valence-corrected chi connectivity index (χ2v) is 6.58. The van der Waals surface area contributed by atoms with Crippen LogP contribution < -0.4 is 0 Å². The minimum absolute atomic E-state index is 0.148. The predicted molar refractivity (Wildman–Crippen MR) is 86.8 cm³/mol. The molecule has 0 aromatic carbocycles. The second kappa shape index (κ2) is 10.0. The van der Waals surface area contributed by atoms with Crippen LogP contribution in [0.15, 0.2) is 11.2 Å². The highest BCUT2D eigenvalue weighted by molar-refractivity contribution is 7.99. The summed E-state index contributed by atoms with van der Waals surface area (Å²) < 4.78 is 5.28. The number of unbranched alkanes of at least 4 members (excludes halogenated alkanes) is 1. The van der Waals surface area contributed by atoms with Crippen molar-refractivity contribution in [1.82, 2.24) is 9.97 Å². The Bertz CT molecular complexity index is 457. The molecule has 1 rings (SSSR count). The van der Waals surface area contributed by atoms with Crippen molar-refractivity contribution in [3.05, 3.63) is 17.0 Å². The number of hydrogen-bond acceptors (Lipinski definition) is 5. The Morgan fingerprint density at radius 2 is 2.29 bits per heavy atom. The summed E-state index contributed by atoms with van der Waals surface area (Å²) in [6.07, 6.45) is 5.37. The largest absolute Gasteiger partial charge is 0.465 e. The third-order valence-electron chi connectivity index (χ3n) is 3.00. The molecule has 0 aliphatic heterocycles. The molecule has 0 N–H and O–H groups in total. The van der Waals surface area contributed by atoms with Gasteiger partial charge in [0.05, 0.1) is 24.9 Å². The molecule has 0 amide bonds. The first kappa shape index (κ1) is 18.2. The molecule has 0 radical (unpaired) electrons. The quantitative estimate of drug-likeness (QED) is 0.499. The summed E-state index contributed by atoms with van der Waals surface area (Å²) in [5.74, 6) is 0.927. The van der Waals surface area contributed by atoms with Crippen LogP contribution in [0.1, 0.15) is 45.2 Å². The molecule has 6 heteroatoms. The molecule has 1 aromatic rings. The van der Waals surface area contributed by atoms with Crippen LogP contribution >= 0.6 is 23.4 Å². The average Bonchev–Trinajstić information content (AvgIpc) is 2.45. The number of halogens is 1. The van der Waals surface area contributed by atoms with E-state index in [2.05, 4.69) is 23.8 Å². The fourth-order valence-corrected chi connectivity index (χ4v) is 2.78. The van der Waals surface area contributed by atoms with Gasteiger partial charge in [-0.15, -0.1) is 11.8 Å². The summed E-state index contributed by atoms with van der Waals surface area (Å²) in [6, 6.07) is 0. The SMILES string of the molecule is CCCCC(C)COC(=O)CCSc1ncc(Cl)nc1C. The number of nitrogens with zero attached hydrogens (tertiary/aromatic N) is 2. The first-order valence-corrected chi connectivity index (χ1v) is 8.66. The zero-order valence-corrected chi connectivity index (χ0v) is 14.5. The van der Waals surface area contributed by atoms with Gasteiger partial charge >= 0.3 is 5.97 Å². The molecule has 0 bridgehead atoms. The van der Waals surface area contributed by atoms with E-state index in [1.165, 1.54) is 30.8 Å². The molecule has 118 valence electrons. The van der Waals surface area contributed by atoms with E-state index in [-0.39, 0.29) is 5.97 Å². The summed E-state index contributed by atoms with van der Waals surface area (Å²) in [7, 11) is 0. The van der Waals surface area contributed by atoms with Gasteiger partial charge in [-0.2, -0.15) is 0 Å². The van der Waals surface area contributed by atoms with Gasteiger partial charge in [0.25, 0.3) is 0 Å². The highest BCUT2D eigenvalue weighted by atomic mass is 35.5. The van der Waals surface area contributed by atoms with Gasteiger partial charge in [-0.05, 0) is 19.3 Å².